The number of thiocarbonyl (C=S) groups is 1. The maximum atomic E-state index is 5.85. The summed E-state index contributed by atoms with van der Waals surface area (Å²) in [7, 11) is 0. The van der Waals surface area contributed by atoms with Crippen LogP contribution in [0.15, 0.2) is 65.1 Å². The summed E-state index contributed by atoms with van der Waals surface area (Å²) < 4.78 is 5.85. The smallest absolute Gasteiger partial charge is 0.166 e. The van der Waals surface area contributed by atoms with Crippen molar-refractivity contribution in [3.63, 3.8) is 0 Å². The molecule has 0 aliphatic carbocycles. The van der Waals surface area contributed by atoms with Crippen molar-refractivity contribution in [2.24, 2.45) is 0 Å². The van der Waals surface area contributed by atoms with Crippen molar-refractivity contribution in [2.45, 2.75) is 19.4 Å². The number of para-hydroxylation sites is 1. The van der Waals surface area contributed by atoms with Crippen LogP contribution in [-0.4, -0.2) is 11.7 Å². The third-order valence-corrected chi connectivity index (χ3v) is 4.02. The molecule has 1 heterocycles. The zero-order valence-corrected chi connectivity index (χ0v) is 13.9. The zero-order chi connectivity index (χ0) is 16.1. The number of rotatable bonds is 5. The molecule has 23 heavy (non-hydrogen) atoms. The van der Waals surface area contributed by atoms with Gasteiger partial charge in [-0.05, 0) is 43.3 Å². The quantitative estimate of drug-likeness (QED) is 0.690. The van der Waals surface area contributed by atoms with Gasteiger partial charge in [0.15, 0.2) is 5.11 Å². The van der Waals surface area contributed by atoms with E-state index in [1.807, 2.05) is 37.3 Å². The highest BCUT2D eigenvalue weighted by atomic mass is 32.1. The first-order valence-electron chi connectivity index (χ1n) is 7.79. The van der Waals surface area contributed by atoms with Crippen LogP contribution >= 0.6 is 12.2 Å². The molecule has 0 spiro atoms. The van der Waals surface area contributed by atoms with Gasteiger partial charge in [0.25, 0.3) is 0 Å². The zero-order valence-electron chi connectivity index (χ0n) is 13.1. The Morgan fingerprint density at radius 1 is 1.09 bits per heavy atom. The largest absolute Gasteiger partial charge is 0.459 e. The fraction of sp³-hybridized carbons (Fsp3) is 0.211. The van der Waals surface area contributed by atoms with Crippen LogP contribution < -0.4 is 10.6 Å². The van der Waals surface area contributed by atoms with Gasteiger partial charge in [-0.3, -0.25) is 0 Å². The van der Waals surface area contributed by atoms with Crippen molar-refractivity contribution in [1.29, 1.82) is 0 Å². The summed E-state index contributed by atoms with van der Waals surface area (Å²) in [4.78, 5) is 0. The van der Waals surface area contributed by atoms with Gasteiger partial charge in [-0.1, -0.05) is 48.5 Å². The minimum atomic E-state index is 0.0270. The summed E-state index contributed by atoms with van der Waals surface area (Å²) in [6, 6.07) is 20.5. The minimum Gasteiger partial charge on any atom is -0.459 e. The standard InChI is InChI=1S/C19H20N2OS/c1-14(18-13-16-9-5-6-10-17(16)22-18)21-19(23)20-12-11-15-7-3-2-4-8-15/h2-10,13-14H,11-12H2,1H3,(H2,20,21,23)/t14-/m1/s1. The molecule has 0 saturated heterocycles. The summed E-state index contributed by atoms with van der Waals surface area (Å²) in [6.07, 6.45) is 0.946. The lowest BCUT2D eigenvalue weighted by atomic mass is 10.1. The van der Waals surface area contributed by atoms with Crippen LogP contribution in [0.5, 0.6) is 0 Å². The Balaban J connectivity index is 1.51. The number of furan rings is 1. The summed E-state index contributed by atoms with van der Waals surface area (Å²) in [5.41, 5.74) is 2.20. The first-order chi connectivity index (χ1) is 11.2. The van der Waals surface area contributed by atoms with Crippen LogP contribution in [0, 0.1) is 0 Å². The number of hydrogen-bond donors (Lipinski definition) is 2. The highest BCUT2D eigenvalue weighted by molar-refractivity contribution is 7.80. The van der Waals surface area contributed by atoms with Gasteiger partial charge < -0.3 is 15.1 Å². The maximum absolute atomic E-state index is 5.85. The van der Waals surface area contributed by atoms with E-state index in [2.05, 4.69) is 41.0 Å². The molecule has 3 nitrogen and oxygen atoms in total. The lowest BCUT2D eigenvalue weighted by Crippen LogP contribution is -2.37. The van der Waals surface area contributed by atoms with E-state index in [-0.39, 0.29) is 6.04 Å². The molecule has 118 valence electrons. The van der Waals surface area contributed by atoms with E-state index in [0.29, 0.717) is 5.11 Å². The van der Waals surface area contributed by atoms with E-state index in [4.69, 9.17) is 16.6 Å². The molecule has 0 unspecified atom stereocenters. The van der Waals surface area contributed by atoms with E-state index >= 15 is 0 Å². The Hall–Kier alpha value is -2.33. The van der Waals surface area contributed by atoms with Crippen LogP contribution in [0.4, 0.5) is 0 Å². The van der Waals surface area contributed by atoms with E-state index in [1.165, 1.54) is 5.56 Å². The molecule has 0 saturated carbocycles. The van der Waals surface area contributed by atoms with Crippen molar-refractivity contribution in [2.75, 3.05) is 6.54 Å². The first-order valence-corrected chi connectivity index (χ1v) is 8.20. The average molecular weight is 324 g/mol. The van der Waals surface area contributed by atoms with Crippen LogP contribution in [0.25, 0.3) is 11.0 Å². The van der Waals surface area contributed by atoms with Gasteiger partial charge in [-0.15, -0.1) is 0 Å². The van der Waals surface area contributed by atoms with E-state index in [0.717, 1.165) is 29.7 Å². The van der Waals surface area contributed by atoms with E-state index < -0.39 is 0 Å². The Morgan fingerprint density at radius 3 is 2.61 bits per heavy atom. The Labute approximate surface area is 141 Å². The summed E-state index contributed by atoms with van der Waals surface area (Å²) >= 11 is 5.36. The second kappa shape index (κ2) is 7.29. The fourth-order valence-corrected chi connectivity index (χ4v) is 2.78. The van der Waals surface area contributed by atoms with Gasteiger partial charge in [0.05, 0.1) is 6.04 Å². The number of nitrogens with one attached hydrogen (secondary N) is 2. The van der Waals surface area contributed by atoms with Crippen molar-refractivity contribution in [1.82, 2.24) is 10.6 Å². The lowest BCUT2D eigenvalue weighted by Gasteiger charge is -2.15. The van der Waals surface area contributed by atoms with Crippen molar-refractivity contribution < 1.29 is 4.42 Å². The van der Waals surface area contributed by atoms with Gasteiger partial charge in [-0.25, -0.2) is 0 Å². The molecule has 3 rings (SSSR count). The summed E-state index contributed by atoms with van der Waals surface area (Å²) in [5, 5.41) is 8.27. The molecule has 0 fully saturated rings. The van der Waals surface area contributed by atoms with Gasteiger partial charge in [-0.2, -0.15) is 0 Å². The van der Waals surface area contributed by atoms with Gasteiger partial charge >= 0.3 is 0 Å². The van der Waals surface area contributed by atoms with Gasteiger partial charge in [0.1, 0.15) is 11.3 Å². The molecule has 0 aliphatic heterocycles. The molecular weight excluding hydrogens is 304 g/mol. The SMILES string of the molecule is C[C@@H](NC(=S)NCCc1ccccc1)c1cc2ccccc2o1. The Kier molecular flexibility index (Phi) is 4.93. The third-order valence-electron chi connectivity index (χ3n) is 3.76. The second-order valence-corrected chi connectivity index (χ2v) is 5.95. The lowest BCUT2D eigenvalue weighted by molar-refractivity contribution is 0.490. The van der Waals surface area contributed by atoms with Gasteiger partial charge in [0, 0.05) is 11.9 Å². The molecule has 0 radical (unpaired) electrons. The number of fused-ring (bicyclic) bond motifs is 1. The topological polar surface area (TPSA) is 37.2 Å². The normalized spacial score (nSPS) is 12.0. The molecule has 3 aromatic rings. The molecule has 0 bridgehead atoms. The molecule has 1 atom stereocenters. The summed E-state index contributed by atoms with van der Waals surface area (Å²) in [6.45, 7) is 2.85. The molecule has 2 N–H and O–H groups in total. The monoisotopic (exact) mass is 324 g/mol. The van der Waals surface area contributed by atoms with Crippen LogP contribution in [0.2, 0.25) is 0 Å². The average Bonchev–Trinajstić information content (AvgIpc) is 3.00. The highest BCUT2D eigenvalue weighted by Crippen LogP contribution is 2.23. The van der Waals surface area contributed by atoms with Crippen molar-refractivity contribution >= 4 is 28.3 Å². The molecule has 2 aromatic carbocycles. The first kappa shape index (κ1) is 15.6. The molecule has 1 aromatic heterocycles. The van der Waals surface area contributed by atoms with Crippen LogP contribution in [0.1, 0.15) is 24.3 Å². The molecule has 0 amide bonds. The fourth-order valence-electron chi connectivity index (χ4n) is 2.50. The van der Waals surface area contributed by atoms with Crippen LogP contribution in [0.3, 0.4) is 0 Å². The van der Waals surface area contributed by atoms with Gasteiger partial charge in [0.2, 0.25) is 0 Å². The molecule has 0 aliphatic rings. The predicted molar refractivity (Wildman–Crippen MR) is 98.5 cm³/mol. The molecule has 4 heteroatoms. The minimum absolute atomic E-state index is 0.0270. The highest BCUT2D eigenvalue weighted by Gasteiger charge is 2.12. The predicted octanol–water partition coefficient (Wildman–Crippen LogP) is 4.20. The second-order valence-electron chi connectivity index (χ2n) is 5.54. The van der Waals surface area contributed by atoms with E-state index in [1.54, 1.807) is 0 Å². The number of benzene rings is 2. The van der Waals surface area contributed by atoms with E-state index in [9.17, 15) is 0 Å². The molecular formula is C19H20N2OS. The van der Waals surface area contributed by atoms with Crippen molar-refractivity contribution in [3.8, 4) is 0 Å². The van der Waals surface area contributed by atoms with Crippen LogP contribution in [-0.2, 0) is 6.42 Å². The Morgan fingerprint density at radius 2 is 1.83 bits per heavy atom. The number of hydrogen-bond acceptors (Lipinski definition) is 2. The van der Waals surface area contributed by atoms with Crippen molar-refractivity contribution in [3.05, 3.63) is 72.0 Å². The third kappa shape index (κ3) is 4.11. The summed E-state index contributed by atoms with van der Waals surface area (Å²) in [5.74, 6) is 0.887. The maximum Gasteiger partial charge on any atom is 0.166 e. The Bertz CT molecular complexity index is 749.